The molecular formula is C21H20ClN3O4. The second-order valence-corrected chi connectivity index (χ2v) is 6.96. The van der Waals surface area contributed by atoms with Crippen LogP contribution in [0.15, 0.2) is 48.9 Å². The van der Waals surface area contributed by atoms with Crippen LogP contribution in [0.1, 0.15) is 12.5 Å². The summed E-state index contributed by atoms with van der Waals surface area (Å²) in [6.07, 6.45) is 3.89. The number of anilines is 1. The summed E-state index contributed by atoms with van der Waals surface area (Å²) in [6.45, 7) is 2.44. The molecular weight excluding hydrogens is 394 g/mol. The normalized spacial score (nSPS) is 15.1. The van der Waals surface area contributed by atoms with Crippen molar-refractivity contribution in [1.29, 1.82) is 0 Å². The van der Waals surface area contributed by atoms with E-state index >= 15 is 0 Å². The Labute approximate surface area is 173 Å². The molecule has 150 valence electrons. The summed E-state index contributed by atoms with van der Waals surface area (Å²) >= 11 is 6.21. The van der Waals surface area contributed by atoms with E-state index in [1.807, 2.05) is 18.2 Å². The highest BCUT2D eigenvalue weighted by atomic mass is 35.5. The number of halogens is 1. The van der Waals surface area contributed by atoms with Crippen LogP contribution in [0.2, 0.25) is 5.02 Å². The van der Waals surface area contributed by atoms with Crippen LogP contribution in [0.5, 0.6) is 5.75 Å². The Balaban J connectivity index is 1.79. The van der Waals surface area contributed by atoms with E-state index in [4.69, 9.17) is 25.8 Å². The van der Waals surface area contributed by atoms with Gasteiger partial charge in [-0.05, 0) is 43.2 Å². The molecule has 1 aliphatic heterocycles. The first-order valence-corrected chi connectivity index (χ1v) is 9.62. The topological polar surface area (TPSA) is 73.8 Å². The maximum Gasteiger partial charge on any atom is 0.404 e. The number of fused-ring (bicyclic) bond motifs is 2. The molecule has 1 unspecified atom stereocenters. The van der Waals surface area contributed by atoms with Crippen LogP contribution in [0.4, 0.5) is 5.69 Å². The van der Waals surface area contributed by atoms with Crippen molar-refractivity contribution in [2.45, 2.75) is 19.3 Å². The van der Waals surface area contributed by atoms with Crippen molar-refractivity contribution in [3.63, 3.8) is 0 Å². The predicted octanol–water partition coefficient (Wildman–Crippen LogP) is 3.59. The van der Waals surface area contributed by atoms with E-state index in [1.165, 1.54) is 13.4 Å². The standard InChI is InChI=1S/C21H20ClN3O4/c1-3-28-20(26)21(27-2,25-9-8-14-4-6-16(22)10-19(14)25)29-17-7-5-15-12-23-13-24-18(15)11-17/h4-7,10-13H,3,8-9H2,1-2H3. The van der Waals surface area contributed by atoms with Crippen LogP contribution in [0.3, 0.4) is 0 Å². The number of esters is 1. The molecule has 4 rings (SSSR count). The minimum atomic E-state index is -1.80. The summed E-state index contributed by atoms with van der Waals surface area (Å²) in [5.74, 6) is -2.02. The lowest BCUT2D eigenvalue weighted by atomic mass is 10.2. The third kappa shape index (κ3) is 3.47. The maximum atomic E-state index is 13.1. The predicted molar refractivity (Wildman–Crippen MR) is 109 cm³/mol. The van der Waals surface area contributed by atoms with Crippen molar-refractivity contribution in [2.24, 2.45) is 0 Å². The van der Waals surface area contributed by atoms with Gasteiger partial charge in [0.1, 0.15) is 12.1 Å². The number of methoxy groups -OCH3 is 1. The van der Waals surface area contributed by atoms with Crippen LogP contribution in [-0.2, 0) is 20.7 Å². The Kier molecular flexibility index (Phi) is 5.25. The van der Waals surface area contributed by atoms with E-state index < -0.39 is 11.9 Å². The SMILES string of the molecule is CCOC(=O)C(OC)(Oc1ccc2cncnc2c1)N1CCc2ccc(Cl)cc21. The Bertz CT molecular complexity index is 1060. The molecule has 0 bridgehead atoms. The number of hydrogen-bond acceptors (Lipinski definition) is 7. The number of rotatable bonds is 6. The number of carbonyl (C=O) groups is 1. The van der Waals surface area contributed by atoms with Crippen molar-refractivity contribution in [3.8, 4) is 5.75 Å². The zero-order chi connectivity index (χ0) is 20.4. The summed E-state index contributed by atoms with van der Waals surface area (Å²) in [6, 6.07) is 10.9. The minimum absolute atomic E-state index is 0.189. The van der Waals surface area contributed by atoms with Gasteiger partial charge in [-0.25, -0.2) is 14.8 Å². The Morgan fingerprint density at radius 2 is 2.14 bits per heavy atom. The molecule has 3 aromatic rings. The van der Waals surface area contributed by atoms with Gasteiger partial charge in [0.15, 0.2) is 0 Å². The highest BCUT2D eigenvalue weighted by Crippen LogP contribution is 2.38. The van der Waals surface area contributed by atoms with Gasteiger partial charge >= 0.3 is 11.9 Å². The molecule has 1 atom stereocenters. The van der Waals surface area contributed by atoms with E-state index in [9.17, 15) is 4.79 Å². The summed E-state index contributed by atoms with van der Waals surface area (Å²) < 4.78 is 17.2. The van der Waals surface area contributed by atoms with Crippen molar-refractivity contribution < 1.29 is 19.0 Å². The van der Waals surface area contributed by atoms with E-state index in [1.54, 1.807) is 36.2 Å². The number of hydrogen-bond donors (Lipinski definition) is 0. The zero-order valence-electron chi connectivity index (χ0n) is 16.1. The second-order valence-electron chi connectivity index (χ2n) is 6.53. The highest BCUT2D eigenvalue weighted by Gasteiger charge is 2.52. The van der Waals surface area contributed by atoms with Gasteiger partial charge < -0.3 is 19.1 Å². The van der Waals surface area contributed by atoms with Crippen molar-refractivity contribution in [2.75, 3.05) is 25.2 Å². The van der Waals surface area contributed by atoms with Crippen molar-refractivity contribution in [3.05, 3.63) is 59.5 Å². The fraction of sp³-hybridized carbons (Fsp3) is 0.286. The Hall–Kier alpha value is -2.90. The highest BCUT2D eigenvalue weighted by molar-refractivity contribution is 6.30. The van der Waals surface area contributed by atoms with E-state index in [2.05, 4.69) is 9.97 Å². The quantitative estimate of drug-likeness (QED) is 0.451. The van der Waals surface area contributed by atoms with Gasteiger partial charge in [0.25, 0.3) is 0 Å². The Morgan fingerprint density at radius 1 is 1.28 bits per heavy atom. The van der Waals surface area contributed by atoms with Gasteiger partial charge in [-0.2, -0.15) is 0 Å². The number of ether oxygens (including phenoxy) is 3. The summed E-state index contributed by atoms with van der Waals surface area (Å²) in [4.78, 5) is 23.1. The lowest BCUT2D eigenvalue weighted by molar-refractivity contribution is -0.208. The molecule has 2 aromatic carbocycles. The molecule has 29 heavy (non-hydrogen) atoms. The average molecular weight is 414 g/mol. The number of aromatic nitrogens is 2. The molecule has 7 nitrogen and oxygen atoms in total. The third-order valence-corrected chi connectivity index (χ3v) is 5.08. The Morgan fingerprint density at radius 3 is 2.93 bits per heavy atom. The molecule has 0 amide bonds. The molecule has 0 saturated carbocycles. The number of benzene rings is 2. The van der Waals surface area contributed by atoms with E-state index in [0.29, 0.717) is 22.8 Å². The smallest absolute Gasteiger partial charge is 0.404 e. The molecule has 0 spiro atoms. The molecule has 8 heteroatoms. The van der Waals surface area contributed by atoms with Crippen LogP contribution < -0.4 is 9.64 Å². The number of nitrogens with zero attached hydrogens (tertiary/aromatic N) is 3. The van der Waals surface area contributed by atoms with Gasteiger partial charge in [-0.1, -0.05) is 17.7 Å². The maximum absolute atomic E-state index is 13.1. The summed E-state index contributed by atoms with van der Waals surface area (Å²) in [5.41, 5.74) is 2.52. The molecule has 1 aromatic heterocycles. The van der Waals surface area contributed by atoms with Crippen molar-refractivity contribution >= 4 is 34.2 Å². The first-order valence-electron chi connectivity index (χ1n) is 9.24. The molecule has 2 heterocycles. The molecule has 0 N–H and O–H groups in total. The largest absolute Gasteiger partial charge is 0.460 e. The van der Waals surface area contributed by atoms with Crippen molar-refractivity contribution in [1.82, 2.24) is 9.97 Å². The van der Waals surface area contributed by atoms with Crippen LogP contribution in [0.25, 0.3) is 10.9 Å². The lowest BCUT2D eigenvalue weighted by Crippen LogP contribution is -2.61. The van der Waals surface area contributed by atoms with Gasteiger partial charge in [-0.15, -0.1) is 0 Å². The fourth-order valence-electron chi connectivity index (χ4n) is 3.50. The molecule has 0 aliphatic carbocycles. The molecule has 1 aliphatic rings. The van der Waals surface area contributed by atoms with Crippen LogP contribution in [-0.4, -0.2) is 42.1 Å². The van der Waals surface area contributed by atoms with Gasteiger partial charge in [0.2, 0.25) is 0 Å². The van der Waals surface area contributed by atoms with E-state index in [0.717, 1.165) is 23.1 Å². The first-order chi connectivity index (χ1) is 14.1. The molecule has 0 radical (unpaired) electrons. The molecule has 0 saturated heterocycles. The van der Waals surface area contributed by atoms with Crippen LogP contribution in [0, 0.1) is 0 Å². The molecule has 0 fully saturated rings. The third-order valence-electron chi connectivity index (χ3n) is 4.84. The van der Waals surface area contributed by atoms with Gasteiger partial charge in [0, 0.05) is 42.0 Å². The second kappa shape index (κ2) is 7.85. The number of carbonyl (C=O) groups excluding carboxylic acids is 1. The van der Waals surface area contributed by atoms with Gasteiger partial charge in [-0.3, -0.25) is 0 Å². The average Bonchev–Trinajstić information content (AvgIpc) is 3.15. The summed E-state index contributed by atoms with van der Waals surface area (Å²) in [5, 5.41) is 1.42. The zero-order valence-corrected chi connectivity index (χ0v) is 16.8. The van der Waals surface area contributed by atoms with Gasteiger partial charge in [0.05, 0.1) is 12.1 Å². The lowest BCUT2D eigenvalue weighted by Gasteiger charge is -2.38. The monoisotopic (exact) mass is 413 g/mol. The van der Waals surface area contributed by atoms with Crippen LogP contribution >= 0.6 is 11.6 Å². The summed E-state index contributed by atoms with van der Waals surface area (Å²) in [7, 11) is 1.42. The fourth-order valence-corrected chi connectivity index (χ4v) is 3.67. The van der Waals surface area contributed by atoms with E-state index in [-0.39, 0.29) is 6.61 Å². The first kappa shape index (κ1) is 19.4. The minimum Gasteiger partial charge on any atom is -0.460 e.